The van der Waals surface area contributed by atoms with Gasteiger partial charge in [-0.05, 0) is 37.5 Å². The van der Waals surface area contributed by atoms with Crippen LogP contribution in [0, 0.1) is 28.2 Å². The topological polar surface area (TPSA) is 64.1 Å². The number of carbonyl (C=O) groups excluding carboxylic acids is 1. The molecule has 26 heavy (non-hydrogen) atoms. The molecule has 0 bridgehead atoms. The monoisotopic (exact) mass is 386 g/mol. The Bertz CT molecular complexity index is 682. The van der Waals surface area contributed by atoms with Gasteiger partial charge in [-0.15, -0.1) is 0 Å². The predicted octanol–water partition coefficient (Wildman–Crippen LogP) is 4.47. The Kier molecular flexibility index (Phi) is 9.76. The molecule has 1 unspecified atom stereocenters. The van der Waals surface area contributed by atoms with E-state index in [1.165, 1.54) is 4.57 Å². The van der Waals surface area contributed by atoms with E-state index in [0.717, 1.165) is 38.3 Å². The van der Waals surface area contributed by atoms with E-state index in [0.29, 0.717) is 19.1 Å². The molecule has 0 aliphatic rings. The molecule has 148 valence electrons. The predicted molar refractivity (Wildman–Crippen MR) is 103 cm³/mol. The van der Waals surface area contributed by atoms with E-state index in [2.05, 4.69) is 44.9 Å². The molecule has 0 aromatic carbocycles. The first-order chi connectivity index (χ1) is 12.2. The molecule has 1 aromatic heterocycles. The Balaban J connectivity index is 2.25. The van der Waals surface area contributed by atoms with Gasteiger partial charge in [0, 0.05) is 12.7 Å². The molecule has 1 atom stereocenters. The minimum atomic E-state index is -0.590. The van der Waals surface area contributed by atoms with Gasteiger partial charge < -0.3 is 4.74 Å². The molecule has 0 fully saturated rings. The number of ether oxygens (including phenoxy) is 1. The second-order valence-corrected chi connectivity index (χ2v) is 7.90. The lowest BCUT2D eigenvalue weighted by molar-refractivity contribution is -0.151. The van der Waals surface area contributed by atoms with Crippen LogP contribution in [0.5, 0.6) is 0 Å². The van der Waals surface area contributed by atoms with Crippen molar-refractivity contribution in [1.29, 1.82) is 0 Å². The molecule has 0 saturated carbocycles. The van der Waals surface area contributed by atoms with Crippen LogP contribution in [0.4, 0.5) is 4.39 Å². The third-order valence-corrected chi connectivity index (χ3v) is 4.63. The summed E-state index contributed by atoms with van der Waals surface area (Å²) in [5, 5.41) is 0. The molecule has 0 spiro atoms. The number of unbranched alkanes of at least 4 members (excludes halogenated alkanes) is 3. The van der Waals surface area contributed by atoms with Crippen LogP contribution in [-0.2, 0) is 16.1 Å². The molecule has 0 aliphatic heterocycles. The van der Waals surface area contributed by atoms with E-state index < -0.39 is 11.5 Å². The van der Waals surface area contributed by atoms with Crippen LogP contribution in [0.15, 0.2) is 11.0 Å². The van der Waals surface area contributed by atoms with Crippen molar-refractivity contribution in [3.8, 4) is 0 Å². The summed E-state index contributed by atoms with van der Waals surface area (Å²) >= 11 is 4.68. The standard InChI is InChI=1S/C19H31FN2O3S/c1-13(2)11-15(14(3)4)18(23)25-10-8-6-5-7-9-22-12-16(20)17(26)21-19(22)24/h12-15H,5-11H2,1-4H3,(H,21,24,26). The zero-order valence-electron chi connectivity index (χ0n) is 16.2. The third-order valence-electron chi connectivity index (χ3n) is 4.34. The van der Waals surface area contributed by atoms with Crippen LogP contribution in [-0.4, -0.2) is 22.1 Å². The van der Waals surface area contributed by atoms with Crippen molar-refractivity contribution in [3.05, 3.63) is 27.1 Å². The quantitative estimate of drug-likeness (QED) is 0.346. The molecule has 0 aliphatic carbocycles. The summed E-state index contributed by atoms with van der Waals surface area (Å²) in [6, 6.07) is 0. The highest BCUT2D eigenvalue weighted by atomic mass is 32.1. The summed E-state index contributed by atoms with van der Waals surface area (Å²) in [6.07, 6.45) is 5.30. The molecule has 0 saturated heterocycles. The van der Waals surface area contributed by atoms with Gasteiger partial charge in [0.15, 0.2) is 5.82 Å². The number of rotatable bonds is 11. The summed E-state index contributed by atoms with van der Waals surface area (Å²) < 4.78 is 19.9. The van der Waals surface area contributed by atoms with Gasteiger partial charge in [0.1, 0.15) is 4.64 Å². The summed E-state index contributed by atoms with van der Waals surface area (Å²) in [5.41, 5.74) is -0.393. The number of hydrogen-bond donors (Lipinski definition) is 1. The van der Waals surface area contributed by atoms with Crippen LogP contribution in [0.3, 0.4) is 0 Å². The first-order valence-electron chi connectivity index (χ1n) is 9.38. The Morgan fingerprint density at radius 2 is 1.88 bits per heavy atom. The summed E-state index contributed by atoms with van der Waals surface area (Å²) in [7, 11) is 0. The van der Waals surface area contributed by atoms with Gasteiger partial charge in [-0.2, -0.15) is 0 Å². The Morgan fingerprint density at radius 1 is 1.23 bits per heavy atom. The SMILES string of the molecule is CC(C)CC(C(=O)OCCCCCCn1cc(F)c(=S)[nH]c1=O)C(C)C. The van der Waals surface area contributed by atoms with Crippen molar-refractivity contribution in [3.63, 3.8) is 0 Å². The lowest BCUT2D eigenvalue weighted by atomic mass is 9.88. The first kappa shape index (κ1) is 22.5. The van der Waals surface area contributed by atoms with E-state index in [4.69, 9.17) is 4.74 Å². The molecular formula is C19H31FN2O3S. The van der Waals surface area contributed by atoms with E-state index in [1.807, 2.05) is 0 Å². The van der Waals surface area contributed by atoms with E-state index >= 15 is 0 Å². The second-order valence-electron chi connectivity index (χ2n) is 7.49. The normalized spacial score (nSPS) is 12.6. The zero-order chi connectivity index (χ0) is 19.7. The maximum absolute atomic E-state index is 13.4. The number of aromatic nitrogens is 2. The first-order valence-corrected chi connectivity index (χ1v) is 9.79. The van der Waals surface area contributed by atoms with Gasteiger partial charge in [0.2, 0.25) is 0 Å². The highest BCUT2D eigenvalue weighted by Crippen LogP contribution is 2.21. The van der Waals surface area contributed by atoms with Crippen molar-refractivity contribution in [1.82, 2.24) is 9.55 Å². The number of aromatic amines is 1. The third kappa shape index (κ3) is 7.81. The Hall–Kier alpha value is -1.50. The number of halogens is 1. The summed E-state index contributed by atoms with van der Waals surface area (Å²) in [4.78, 5) is 26.1. The molecule has 1 heterocycles. The van der Waals surface area contributed by atoms with Crippen LogP contribution in [0.25, 0.3) is 0 Å². The van der Waals surface area contributed by atoms with Crippen LogP contribution >= 0.6 is 12.2 Å². The number of carbonyl (C=O) groups is 1. The highest BCUT2D eigenvalue weighted by molar-refractivity contribution is 7.71. The maximum Gasteiger partial charge on any atom is 0.326 e. The molecule has 1 aromatic rings. The Morgan fingerprint density at radius 3 is 2.50 bits per heavy atom. The fraction of sp³-hybridized carbons (Fsp3) is 0.737. The van der Waals surface area contributed by atoms with E-state index in [-0.39, 0.29) is 22.4 Å². The van der Waals surface area contributed by atoms with Crippen molar-refractivity contribution >= 4 is 18.2 Å². The number of aryl methyl sites for hydroxylation is 1. The summed E-state index contributed by atoms with van der Waals surface area (Å²) in [5.74, 6) is 0.0142. The number of hydrogen-bond acceptors (Lipinski definition) is 4. The molecular weight excluding hydrogens is 355 g/mol. The fourth-order valence-electron chi connectivity index (χ4n) is 2.81. The number of esters is 1. The lowest BCUT2D eigenvalue weighted by Crippen LogP contribution is -2.24. The minimum Gasteiger partial charge on any atom is -0.465 e. The van der Waals surface area contributed by atoms with Gasteiger partial charge in [0.25, 0.3) is 0 Å². The average Bonchev–Trinajstić information content (AvgIpc) is 2.55. The molecule has 1 N–H and O–H groups in total. The van der Waals surface area contributed by atoms with Crippen molar-refractivity contribution in [2.45, 2.75) is 66.3 Å². The van der Waals surface area contributed by atoms with Gasteiger partial charge in [-0.3, -0.25) is 14.3 Å². The van der Waals surface area contributed by atoms with Crippen LogP contribution in [0.1, 0.15) is 59.8 Å². The average molecular weight is 387 g/mol. The second kappa shape index (κ2) is 11.3. The molecule has 5 nitrogen and oxygen atoms in total. The van der Waals surface area contributed by atoms with Gasteiger partial charge >= 0.3 is 11.7 Å². The van der Waals surface area contributed by atoms with Crippen molar-refractivity contribution in [2.24, 2.45) is 17.8 Å². The minimum absolute atomic E-state index is 0.0413. The zero-order valence-corrected chi connectivity index (χ0v) is 17.0. The van der Waals surface area contributed by atoms with Crippen molar-refractivity contribution < 1.29 is 13.9 Å². The molecule has 1 rings (SSSR count). The van der Waals surface area contributed by atoms with Crippen molar-refractivity contribution in [2.75, 3.05) is 6.61 Å². The number of nitrogens with one attached hydrogen (secondary N) is 1. The summed E-state index contributed by atoms with van der Waals surface area (Å²) in [6.45, 7) is 9.18. The van der Waals surface area contributed by atoms with E-state index in [9.17, 15) is 14.0 Å². The maximum atomic E-state index is 13.4. The molecule has 7 heteroatoms. The lowest BCUT2D eigenvalue weighted by Gasteiger charge is -2.21. The van der Waals surface area contributed by atoms with E-state index in [1.54, 1.807) is 0 Å². The van der Waals surface area contributed by atoms with Gasteiger partial charge in [-0.1, -0.05) is 46.3 Å². The van der Waals surface area contributed by atoms with Gasteiger partial charge in [-0.25, -0.2) is 9.18 Å². The van der Waals surface area contributed by atoms with Crippen LogP contribution in [0.2, 0.25) is 0 Å². The van der Waals surface area contributed by atoms with Crippen LogP contribution < -0.4 is 5.69 Å². The van der Waals surface area contributed by atoms with Gasteiger partial charge in [0.05, 0.1) is 12.5 Å². The largest absolute Gasteiger partial charge is 0.465 e. The number of nitrogens with zero attached hydrogens (tertiary/aromatic N) is 1. The smallest absolute Gasteiger partial charge is 0.326 e. The fourth-order valence-corrected chi connectivity index (χ4v) is 2.95. The number of H-pyrrole nitrogens is 1. The molecule has 0 radical (unpaired) electrons. The highest BCUT2D eigenvalue weighted by Gasteiger charge is 2.24. The Labute approximate surface area is 160 Å². The molecule has 0 amide bonds.